The van der Waals surface area contributed by atoms with Gasteiger partial charge < -0.3 is 10.2 Å². The largest absolute Gasteiger partial charge is 0.342 e. The van der Waals surface area contributed by atoms with Gasteiger partial charge in [0.1, 0.15) is 0 Å². The van der Waals surface area contributed by atoms with Gasteiger partial charge in [-0.3, -0.25) is 4.79 Å². The number of nitrogens with zero attached hydrogens (tertiary/aromatic N) is 1. The highest BCUT2D eigenvalue weighted by Gasteiger charge is 2.25. The Kier molecular flexibility index (Phi) is 5.07. The molecule has 1 heterocycles. The highest BCUT2D eigenvalue weighted by molar-refractivity contribution is 5.77. The molecule has 4 rings (SSSR count). The molecule has 0 aromatic heterocycles. The van der Waals surface area contributed by atoms with E-state index in [1.165, 1.54) is 27.8 Å². The van der Waals surface area contributed by atoms with E-state index in [4.69, 9.17) is 0 Å². The summed E-state index contributed by atoms with van der Waals surface area (Å²) < 4.78 is 0. The van der Waals surface area contributed by atoms with Crippen LogP contribution in [0, 0.1) is 5.92 Å². The van der Waals surface area contributed by atoms with E-state index in [2.05, 4.69) is 52.7 Å². The first kappa shape index (κ1) is 17.3. The third kappa shape index (κ3) is 3.54. The molecule has 1 atom stereocenters. The van der Waals surface area contributed by atoms with Crippen molar-refractivity contribution in [1.29, 1.82) is 0 Å². The standard InChI is InChI=1S/C23H28N2O/c1-24-15-18-11-12-25(16-18)23(26)8-4-5-17-9-10-20-14-19-6-2-3-7-21(19)22(20)13-17/h2-3,6-7,9-10,13,18,24H,4-5,8,11-12,14-16H2,1H3. The number of benzene rings is 2. The number of likely N-dealkylation sites (tertiary alicyclic amines) is 1. The number of rotatable bonds is 6. The molecule has 0 bridgehead atoms. The van der Waals surface area contributed by atoms with Gasteiger partial charge in [-0.1, -0.05) is 42.5 Å². The molecular formula is C23H28N2O. The number of aryl methyl sites for hydroxylation is 1. The first-order valence-electron chi connectivity index (χ1n) is 9.87. The van der Waals surface area contributed by atoms with E-state index in [0.29, 0.717) is 18.2 Å². The Morgan fingerprint density at radius 1 is 1.15 bits per heavy atom. The van der Waals surface area contributed by atoms with Gasteiger partial charge in [0.05, 0.1) is 0 Å². The van der Waals surface area contributed by atoms with Crippen LogP contribution in [0.2, 0.25) is 0 Å². The molecule has 2 aromatic carbocycles. The number of nitrogens with one attached hydrogen (secondary N) is 1. The molecule has 0 saturated carbocycles. The summed E-state index contributed by atoms with van der Waals surface area (Å²) in [4.78, 5) is 14.5. The predicted octanol–water partition coefficient (Wildman–Crippen LogP) is 3.65. The minimum Gasteiger partial charge on any atom is -0.342 e. The summed E-state index contributed by atoms with van der Waals surface area (Å²) in [5.74, 6) is 0.954. The molecule has 1 aliphatic carbocycles. The SMILES string of the molecule is CNCC1CCN(C(=O)CCCc2ccc3c(c2)-c2ccccc2C3)C1. The lowest BCUT2D eigenvalue weighted by atomic mass is 10.00. The van der Waals surface area contributed by atoms with Gasteiger partial charge >= 0.3 is 0 Å². The van der Waals surface area contributed by atoms with E-state index >= 15 is 0 Å². The maximum absolute atomic E-state index is 12.4. The van der Waals surface area contributed by atoms with Crippen LogP contribution in [0.4, 0.5) is 0 Å². The summed E-state index contributed by atoms with van der Waals surface area (Å²) >= 11 is 0. The number of amides is 1. The molecule has 1 fully saturated rings. The molecule has 0 spiro atoms. The van der Waals surface area contributed by atoms with Crippen LogP contribution in [-0.2, 0) is 17.6 Å². The van der Waals surface area contributed by atoms with Crippen LogP contribution >= 0.6 is 0 Å². The summed E-state index contributed by atoms with van der Waals surface area (Å²) in [5.41, 5.74) is 6.98. The van der Waals surface area contributed by atoms with E-state index in [9.17, 15) is 4.79 Å². The van der Waals surface area contributed by atoms with Crippen molar-refractivity contribution in [3.63, 3.8) is 0 Å². The number of fused-ring (bicyclic) bond motifs is 3. The van der Waals surface area contributed by atoms with Gasteiger partial charge in [-0.25, -0.2) is 0 Å². The lowest BCUT2D eigenvalue weighted by Crippen LogP contribution is -2.30. The molecule has 1 amide bonds. The third-order valence-electron chi connectivity index (χ3n) is 5.85. The van der Waals surface area contributed by atoms with Crippen molar-refractivity contribution in [3.05, 3.63) is 59.2 Å². The van der Waals surface area contributed by atoms with Gasteiger partial charge in [-0.2, -0.15) is 0 Å². The fourth-order valence-corrected chi connectivity index (χ4v) is 4.44. The van der Waals surface area contributed by atoms with Crippen LogP contribution in [0.1, 0.15) is 36.0 Å². The molecule has 3 heteroatoms. The molecule has 1 unspecified atom stereocenters. The van der Waals surface area contributed by atoms with E-state index in [-0.39, 0.29) is 0 Å². The Morgan fingerprint density at radius 3 is 2.88 bits per heavy atom. The highest BCUT2D eigenvalue weighted by Crippen LogP contribution is 2.37. The maximum atomic E-state index is 12.4. The molecular weight excluding hydrogens is 320 g/mol. The van der Waals surface area contributed by atoms with Crippen molar-refractivity contribution in [2.45, 2.75) is 32.1 Å². The molecule has 26 heavy (non-hydrogen) atoms. The van der Waals surface area contributed by atoms with E-state index in [0.717, 1.165) is 45.3 Å². The fourth-order valence-electron chi connectivity index (χ4n) is 4.44. The molecule has 1 aliphatic heterocycles. The summed E-state index contributed by atoms with van der Waals surface area (Å²) in [6.07, 6.45) is 4.77. The van der Waals surface area contributed by atoms with Crippen LogP contribution < -0.4 is 5.32 Å². The molecule has 136 valence electrons. The van der Waals surface area contributed by atoms with Crippen molar-refractivity contribution in [2.75, 3.05) is 26.7 Å². The monoisotopic (exact) mass is 348 g/mol. The zero-order valence-corrected chi connectivity index (χ0v) is 15.6. The van der Waals surface area contributed by atoms with E-state index < -0.39 is 0 Å². The second-order valence-corrected chi connectivity index (χ2v) is 7.73. The average molecular weight is 348 g/mol. The zero-order valence-electron chi connectivity index (χ0n) is 15.6. The second-order valence-electron chi connectivity index (χ2n) is 7.73. The third-order valence-corrected chi connectivity index (χ3v) is 5.85. The summed E-state index contributed by atoms with van der Waals surface area (Å²) in [5, 5.41) is 3.22. The average Bonchev–Trinajstić information content (AvgIpc) is 3.26. The minimum absolute atomic E-state index is 0.329. The zero-order chi connectivity index (χ0) is 17.9. The van der Waals surface area contributed by atoms with Crippen molar-refractivity contribution >= 4 is 5.91 Å². The van der Waals surface area contributed by atoms with Crippen molar-refractivity contribution in [2.24, 2.45) is 5.92 Å². The first-order chi connectivity index (χ1) is 12.7. The topological polar surface area (TPSA) is 32.3 Å². The molecule has 1 N–H and O–H groups in total. The van der Waals surface area contributed by atoms with Crippen LogP contribution in [0.3, 0.4) is 0 Å². The predicted molar refractivity (Wildman–Crippen MR) is 106 cm³/mol. The molecule has 3 nitrogen and oxygen atoms in total. The number of carbonyl (C=O) groups excluding carboxylic acids is 1. The lowest BCUT2D eigenvalue weighted by molar-refractivity contribution is -0.130. The van der Waals surface area contributed by atoms with Gasteiger partial charge in [0.25, 0.3) is 0 Å². The Hall–Kier alpha value is -2.13. The van der Waals surface area contributed by atoms with E-state index in [1.807, 2.05) is 7.05 Å². The van der Waals surface area contributed by atoms with Crippen LogP contribution in [0.15, 0.2) is 42.5 Å². The molecule has 2 aliphatic rings. The highest BCUT2D eigenvalue weighted by atomic mass is 16.2. The Labute approximate surface area is 156 Å². The smallest absolute Gasteiger partial charge is 0.222 e. The van der Waals surface area contributed by atoms with Gasteiger partial charge in [-0.15, -0.1) is 0 Å². The fraction of sp³-hybridized carbons (Fsp3) is 0.435. The van der Waals surface area contributed by atoms with Crippen molar-refractivity contribution in [1.82, 2.24) is 10.2 Å². The van der Waals surface area contributed by atoms with Crippen LogP contribution in [0.5, 0.6) is 0 Å². The molecule has 0 radical (unpaired) electrons. The quantitative estimate of drug-likeness (QED) is 0.737. The summed E-state index contributed by atoms with van der Waals surface area (Å²) in [7, 11) is 1.99. The Morgan fingerprint density at radius 2 is 2.00 bits per heavy atom. The van der Waals surface area contributed by atoms with Gasteiger partial charge in [0, 0.05) is 19.5 Å². The van der Waals surface area contributed by atoms with Gasteiger partial charge in [-0.05, 0) is 73.0 Å². The van der Waals surface area contributed by atoms with Crippen molar-refractivity contribution in [3.8, 4) is 11.1 Å². The first-order valence-corrected chi connectivity index (χ1v) is 9.87. The van der Waals surface area contributed by atoms with Gasteiger partial charge in [0.2, 0.25) is 5.91 Å². The normalized spacial score (nSPS) is 18.0. The summed E-state index contributed by atoms with van der Waals surface area (Å²) in [6, 6.07) is 15.6. The number of hydrogen-bond acceptors (Lipinski definition) is 2. The molecule has 1 saturated heterocycles. The number of hydrogen-bond donors (Lipinski definition) is 1. The Balaban J connectivity index is 1.32. The lowest BCUT2D eigenvalue weighted by Gasteiger charge is -2.16. The number of carbonyl (C=O) groups is 1. The van der Waals surface area contributed by atoms with E-state index in [1.54, 1.807) is 0 Å². The second kappa shape index (κ2) is 7.63. The Bertz CT molecular complexity index is 799. The van der Waals surface area contributed by atoms with Crippen LogP contribution in [0.25, 0.3) is 11.1 Å². The minimum atomic E-state index is 0.329. The summed E-state index contributed by atoms with van der Waals surface area (Å²) in [6.45, 7) is 2.87. The van der Waals surface area contributed by atoms with Crippen LogP contribution in [-0.4, -0.2) is 37.5 Å². The molecule has 2 aromatic rings. The van der Waals surface area contributed by atoms with Gasteiger partial charge in [0.15, 0.2) is 0 Å². The van der Waals surface area contributed by atoms with Crippen molar-refractivity contribution < 1.29 is 4.79 Å². The maximum Gasteiger partial charge on any atom is 0.222 e.